The van der Waals surface area contributed by atoms with Crippen molar-refractivity contribution in [3.8, 4) is 0 Å². The van der Waals surface area contributed by atoms with Crippen LogP contribution in [0.4, 0.5) is 5.69 Å². The first kappa shape index (κ1) is 15.1. The zero-order chi connectivity index (χ0) is 14.6. The smallest absolute Gasteiger partial charge is 0.270 e. The Kier molecular flexibility index (Phi) is 5.00. The van der Waals surface area contributed by atoms with Gasteiger partial charge in [-0.05, 0) is 26.3 Å². The Labute approximate surface area is 111 Å². The number of carbonyl (C=O) groups excluding carboxylic acids is 1. The van der Waals surface area contributed by atoms with Crippen LogP contribution in [-0.4, -0.2) is 40.0 Å². The number of nitro groups is 1. The summed E-state index contributed by atoms with van der Waals surface area (Å²) in [7, 11) is 0. The molecule has 1 aromatic carbocycles. The highest BCUT2D eigenvalue weighted by Gasteiger charge is 2.21. The molecule has 19 heavy (non-hydrogen) atoms. The highest BCUT2D eigenvalue weighted by molar-refractivity contribution is 5.96. The molecule has 6 nitrogen and oxygen atoms in total. The summed E-state index contributed by atoms with van der Waals surface area (Å²) in [6, 6.07) is 4.13. The standard InChI is InChI=1S/C13H18N2O4/c1-9(2)14(6-7-16)13(17)12-8-11(15(18)19)5-4-10(12)3/h4-5,8-9,16H,6-7H2,1-3H3. The quantitative estimate of drug-likeness (QED) is 0.650. The maximum atomic E-state index is 12.4. The van der Waals surface area contributed by atoms with Crippen molar-refractivity contribution >= 4 is 11.6 Å². The van der Waals surface area contributed by atoms with Crippen LogP contribution in [0.2, 0.25) is 0 Å². The van der Waals surface area contributed by atoms with E-state index in [-0.39, 0.29) is 30.8 Å². The molecule has 0 unspecified atom stereocenters. The summed E-state index contributed by atoms with van der Waals surface area (Å²) in [5.74, 6) is -0.301. The molecule has 6 heteroatoms. The molecule has 0 saturated heterocycles. The molecule has 0 heterocycles. The third kappa shape index (κ3) is 3.51. The van der Waals surface area contributed by atoms with Crippen molar-refractivity contribution in [3.63, 3.8) is 0 Å². The van der Waals surface area contributed by atoms with Crippen molar-refractivity contribution in [1.82, 2.24) is 4.90 Å². The molecule has 0 radical (unpaired) electrons. The first-order valence-electron chi connectivity index (χ1n) is 6.05. The number of nitrogens with zero attached hydrogens (tertiary/aromatic N) is 2. The minimum atomic E-state index is -0.526. The van der Waals surface area contributed by atoms with Crippen LogP contribution in [-0.2, 0) is 0 Å². The van der Waals surface area contributed by atoms with Crippen molar-refractivity contribution in [3.05, 3.63) is 39.4 Å². The van der Waals surface area contributed by atoms with E-state index in [9.17, 15) is 14.9 Å². The van der Waals surface area contributed by atoms with Crippen molar-refractivity contribution in [2.75, 3.05) is 13.2 Å². The Morgan fingerprint density at radius 2 is 2.11 bits per heavy atom. The van der Waals surface area contributed by atoms with Crippen LogP contribution >= 0.6 is 0 Å². The van der Waals surface area contributed by atoms with Crippen LogP contribution in [0.3, 0.4) is 0 Å². The van der Waals surface area contributed by atoms with Gasteiger partial charge in [0.25, 0.3) is 11.6 Å². The van der Waals surface area contributed by atoms with E-state index in [4.69, 9.17) is 5.11 Å². The molecule has 0 aliphatic carbocycles. The predicted octanol–water partition coefficient (Wildman–Crippen LogP) is 1.75. The molecule has 0 saturated carbocycles. The molecule has 0 aromatic heterocycles. The molecule has 1 rings (SSSR count). The summed E-state index contributed by atoms with van der Waals surface area (Å²) in [4.78, 5) is 24.1. The third-order valence-electron chi connectivity index (χ3n) is 2.89. The Morgan fingerprint density at radius 1 is 1.47 bits per heavy atom. The summed E-state index contributed by atoms with van der Waals surface area (Å²) < 4.78 is 0. The summed E-state index contributed by atoms with van der Waals surface area (Å²) in [5.41, 5.74) is 0.872. The number of hydrogen-bond donors (Lipinski definition) is 1. The fraction of sp³-hybridized carbons (Fsp3) is 0.462. The molecule has 104 valence electrons. The van der Waals surface area contributed by atoms with E-state index in [1.165, 1.54) is 17.0 Å². The molecule has 0 aliphatic heterocycles. The lowest BCUT2D eigenvalue weighted by atomic mass is 10.1. The lowest BCUT2D eigenvalue weighted by Gasteiger charge is -2.26. The van der Waals surface area contributed by atoms with Gasteiger partial charge in [0.05, 0.1) is 11.5 Å². The molecule has 1 N–H and O–H groups in total. The van der Waals surface area contributed by atoms with Gasteiger partial charge in [-0.3, -0.25) is 14.9 Å². The van der Waals surface area contributed by atoms with E-state index in [0.717, 1.165) is 0 Å². The lowest BCUT2D eigenvalue weighted by Crippen LogP contribution is -2.39. The molecular formula is C13H18N2O4. The van der Waals surface area contributed by atoms with Crippen LogP contribution in [0.15, 0.2) is 18.2 Å². The zero-order valence-corrected chi connectivity index (χ0v) is 11.3. The van der Waals surface area contributed by atoms with Crippen molar-refractivity contribution in [1.29, 1.82) is 0 Å². The van der Waals surface area contributed by atoms with Gasteiger partial charge in [0, 0.05) is 30.3 Å². The maximum absolute atomic E-state index is 12.4. The largest absolute Gasteiger partial charge is 0.395 e. The minimum absolute atomic E-state index is 0.0849. The fourth-order valence-electron chi connectivity index (χ4n) is 1.81. The molecular weight excluding hydrogens is 248 g/mol. The van der Waals surface area contributed by atoms with Gasteiger partial charge in [0.15, 0.2) is 0 Å². The van der Waals surface area contributed by atoms with Gasteiger partial charge in [-0.1, -0.05) is 6.07 Å². The number of amides is 1. The first-order chi connectivity index (χ1) is 8.88. The van der Waals surface area contributed by atoms with Gasteiger partial charge < -0.3 is 10.0 Å². The average molecular weight is 266 g/mol. The number of benzene rings is 1. The van der Waals surface area contributed by atoms with E-state index in [2.05, 4.69) is 0 Å². The topological polar surface area (TPSA) is 83.7 Å². The van der Waals surface area contributed by atoms with E-state index in [1.807, 2.05) is 13.8 Å². The Hall–Kier alpha value is -1.95. The number of hydrogen-bond acceptors (Lipinski definition) is 4. The van der Waals surface area contributed by atoms with Crippen LogP contribution in [0.1, 0.15) is 29.8 Å². The molecule has 1 amide bonds. The number of non-ortho nitro benzene ring substituents is 1. The molecule has 0 atom stereocenters. The van der Waals surface area contributed by atoms with Crippen molar-refractivity contribution in [2.24, 2.45) is 0 Å². The fourth-order valence-corrected chi connectivity index (χ4v) is 1.81. The zero-order valence-electron chi connectivity index (χ0n) is 11.3. The van der Waals surface area contributed by atoms with Crippen LogP contribution in [0.5, 0.6) is 0 Å². The van der Waals surface area contributed by atoms with Gasteiger partial charge >= 0.3 is 0 Å². The number of carbonyl (C=O) groups is 1. The van der Waals surface area contributed by atoms with Crippen molar-refractivity contribution in [2.45, 2.75) is 26.8 Å². The first-order valence-corrected chi connectivity index (χ1v) is 6.05. The second kappa shape index (κ2) is 6.29. The van der Waals surface area contributed by atoms with Gasteiger partial charge in [0.2, 0.25) is 0 Å². The Morgan fingerprint density at radius 3 is 2.58 bits per heavy atom. The Bertz CT molecular complexity index is 486. The van der Waals surface area contributed by atoms with Crippen molar-refractivity contribution < 1.29 is 14.8 Å². The predicted molar refractivity (Wildman–Crippen MR) is 71.1 cm³/mol. The number of aliphatic hydroxyl groups is 1. The number of aliphatic hydroxyl groups excluding tert-OH is 1. The second-order valence-corrected chi connectivity index (χ2v) is 4.57. The van der Waals surface area contributed by atoms with Crippen LogP contribution < -0.4 is 0 Å². The minimum Gasteiger partial charge on any atom is -0.395 e. The molecule has 0 fully saturated rings. The highest BCUT2D eigenvalue weighted by Crippen LogP contribution is 2.19. The molecule has 0 aliphatic rings. The van der Waals surface area contributed by atoms with E-state index < -0.39 is 4.92 Å². The maximum Gasteiger partial charge on any atom is 0.270 e. The highest BCUT2D eigenvalue weighted by atomic mass is 16.6. The van der Waals surface area contributed by atoms with E-state index in [1.54, 1.807) is 13.0 Å². The summed E-state index contributed by atoms with van der Waals surface area (Å²) in [5, 5.41) is 19.7. The average Bonchev–Trinajstić information content (AvgIpc) is 2.35. The number of nitro benzene ring substituents is 1. The monoisotopic (exact) mass is 266 g/mol. The second-order valence-electron chi connectivity index (χ2n) is 4.57. The third-order valence-corrected chi connectivity index (χ3v) is 2.89. The van der Waals surface area contributed by atoms with E-state index >= 15 is 0 Å². The van der Waals surface area contributed by atoms with E-state index in [0.29, 0.717) is 11.1 Å². The normalized spacial score (nSPS) is 10.6. The molecule has 0 spiro atoms. The number of rotatable bonds is 5. The summed E-state index contributed by atoms with van der Waals surface area (Å²) in [6.07, 6.45) is 0. The number of aryl methyl sites for hydroxylation is 1. The lowest BCUT2D eigenvalue weighted by molar-refractivity contribution is -0.384. The van der Waals surface area contributed by atoms with Crippen LogP contribution in [0.25, 0.3) is 0 Å². The van der Waals surface area contributed by atoms with Gasteiger partial charge in [-0.15, -0.1) is 0 Å². The van der Waals surface area contributed by atoms with Crippen LogP contribution in [0, 0.1) is 17.0 Å². The van der Waals surface area contributed by atoms with Gasteiger partial charge in [-0.25, -0.2) is 0 Å². The SMILES string of the molecule is Cc1ccc([N+](=O)[O-])cc1C(=O)N(CCO)C(C)C. The summed E-state index contributed by atoms with van der Waals surface area (Å²) >= 11 is 0. The molecule has 0 bridgehead atoms. The Balaban J connectivity index is 3.16. The van der Waals surface area contributed by atoms with Gasteiger partial charge in [0.1, 0.15) is 0 Å². The van der Waals surface area contributed by atoms with Gasteiger partial charge in [-0.2, -0.15) is 0 Å². The summed E-state index contributed by atoms with van der Waals surface area (Å²) in [6.45, 7) is 5.46. The molecule has 1 aromatic rings.